The third-order valence-corrected chi connectivity index (χ3v) is 3.65. The van der Waals surface area contributed by atoms with Crippen LogP contribution in [0.15, 0.2) is 40.9 Å². The molecule has 21 heavy (non-hydrogen) atoms. The van der Waals surface area contributed by atoms with Gasteiger partial charge in [-0.1, -0.05) is 22.0 Å². The van der Waals surface area contributed by atoms with Crippen LogP contribution in [0.5, 0.6) is 17.2 Å². The van der Waals surface area contributed by atoms with Crippen molar-refractivity contribution >= 4 is 15.9 Å². The second kappa shape index (κ2) is 7.00. The molecule has 0 aliphatic carbocycles. The number of nitrogens with zero attached hydrogens (tertiary/aromatic N) is 1. The molecular formula is C16H14BrNO3. The third kappa shape index (κ3) is 3.67. The summed E-state index contributed by atoms with van der Waals surface area (Å²) < 4.78 is 17.1. The summed E-state index contributed by atoms with van der Waals surface area (Å²) >= 11 is 3.49. The number of ether oxygens (including phenoxy) is 3. The van der Waals surface area contributed by atoms with Crippen molar-refractivity contribution in [2.75, 3.05) is 14.2 Å². The average Bonchev–Trinajstić information content (AvgIpc) is 2.53. The number of halogens is 1. The van der Waals surface area contributed by atoms with Crippen molar-refractivity contribution < 1.29 is 14.2 Å². The van der Waals surface area contributed by atoms with Crippen LogP contribution in [0.3, 0.4) is 0 Å². The van der Waals surface area contributed by atoms with E-state index >= 15 is 0 Å². The summed E-state index contributed by atoms with van der Waals surface area (Å²) in [4.78, 5) is 0. The number of hydrogen-bond acceptors (Lipinski definition) is 4. The highest BCUT2D eigenvalue weighted by molar-refractivity contribution is 9.10. The zero-order chi connectivity index (χ0) is 15.2. The minimum absolute atomic E-state index is 0.357. The summed E-state index contributed by atoms with van der Waals surface area (Å²) in [5.41, 5.74) is 1.49. The fourth-order valence-corrected chi connectivity index (χ4v) is 2.26. The highest BCUT2D eigenvalue weighted by Crippen LogP contribution is 2.33. The molecule has 0 unspecified atom stereocenters. The molecule has 0 saturated heterocycles. The minimum Gasteiger partial charge on any atom is -0.493 e. The fraction of sp³-hybridized carbons (Fsp3) is 0.188. The fourth-order valence-electron chi connectivity index (χ4n) is 1.82. The summed E-state index contributed by atoms with van der Waals surface area (Å²) in [6, 6.07) is 12.8. The van der Waals surface area contributed by atoms with Crippen LogP contribution in [0.25, 0.3) is 0 Å². The summed E-state index contributed by atoms with van der Waals surface area (Å²) in [5, 5.41) is 8.87. The highest BCUT2D eigenvalue weighted by atomic mass is 79.9. The SMILES string of the molecule is COc1cc(Br)c(COc2cccc(C#N)c2)cc1OC. The molecule has 0 aromatic heterocycles. The van der Waals surface area contributed by atoms with E-state index in [0.29, 0.717) is 29.4 Å². The van der Waals surface area contributed by atoms with Crippen molar-refractivity contribution in [2.45, 2.75) is 6.61 Å². The van der Waals surface area contributed by atoms with Crippen molar-refractivity contribution in [1.29, 1.82) is 5.26 Å². The number of rotatable bonds is 5. The Hall–Kier alpha value is -2.19. The Morgan fingerprint density at radius 3 is 2.48 bits per heavy atom. The Bertz CT molecular complexity index is 680. The first-order valence-corrected chi connectivity index (χ1v) is 7.00. The Balaban J connectivity index is 2.18. The van der Waals surface area contributed by atoms with Crippen LogP contribution >= 0.6 is 15.9 Å². The normalized spacial score (nSPS) is 9.81. The first-order chi connectivity index (χ1) is 10.2. The molecule has 0 amide bonds. The molecule has 0 radical (unpaired) electrons. The summed E-state index contributed by atoms with van der Waals surface area (Å²) in [6.45, 7) is 0.357. The largest absolute Gasteiger partial charge is 0.493 e. The van der Waals surface area contributed by atoms with E-state index < -0.39 is 0 Å². The molecule has 108 valence electrons. The van der Waals surface area contributed by atoms with E-state index in [0.717, 1.165) is 10.0 Å². The van der Waals surface area contributed by atoms with E-state index in [-0.39, 0.29) is 0 Å². The van der Waals surface area contributed by atoms with Crippen LogP contribution in [0.2, 0.25) is 0 Å². The van der Waals surface area contributed by atoms with E-state index in [9.17, 15) is 0 Å². The van der Waals surface area contributed by atoms with Crippen LogP contribution in [0.4, 0.5) is 0 Å². The molecule has 0 N–H and O–H groups in total. The number of methoxy groups -OCH3 is 2. The van der Waals surface area contributed by atoms with E-state index in [1.165, 1.54) is 0 Å². The molecule has 2 aromatic rings. The summed E-state index contributed by atoms with van der Waals surface area (Å²) in [5.74, 6) is 1.94. The molecule has 0 aliphatic heterocycles. The van der Waals surface area contributed by atoms with Gasteiger partial charge < -0.3 is 14.2 Å². The summed E-state index contributed by atoms with van der Waals surface area (Å²) in [7, 11) is 3.18. The van der Waals surface area contributed by atoms with Gasteiger partial charge in [0.15, 0.2) is 11.5 Å². The first-order valence-electron chi connectivity index (χ1n) is 6.21. The lowest BCUT2D eigenvalue weighted by atomic mass is 10.2. The van der Waals surface area contributed by atoms with E-state index in [2.05, 4.69) is 22.0 Å². The van der Waals surface area contributed by atoms with E-state index in [4.69, 9.17) is 19.5 Å². The van der Waals surface area contributed by atoms with Gasteiger partial charge in [0, 0.05) is 10.0 Å². The quantitative estimate of drug-likeness (QED) is 0.822. The lowest BCUT2D eigenvalue weighted by Crippen LogP contribution is -1.99. The lowest BCUT2D eigenvalue weighted by Gasteiger charge is -2.13. The van der Waals surface area contributed by atoms with E-state index in [1.54, 1.807) is 32.4 Å². The van der Waals surface area contributed by atoms with Crippen LogP contribution in [0, 0.1) is 11.3 Å². The van der Waals surface area contributed by atoms with Gasteiger partial charge in [0.05, 0.1) is 25.9 Å². The minimum atomic E-state index is 0.357. The molecule has 0 fully saturated rings. The molecule has 0 saturated carbocycles. The predicted octanol–water partition coefficient (Wildman–Crippen LogP) is 3.92. The zero-order valence-corrected chi connectivity index (χ0v) is 13.3. The number of benzene rings is 2. The maximum Gasteiger partial charge on any atom is 0.161 e. The molecule has 0 heterocycles. The van der Waals surface area contributed by atoms with Crippen molar-refractivity contribution in [2.24, 2.45) is 0 Å². The molecule has 0 bridgehead atoms. The first kappa shape index (κ1) is 15.2. The number of hydrogen-bond donors (Lipinski definition) is 0. The van der Waals surface area contributed by atoms with E-state index in [1.807, 2.05) is 18.2 Å². The van der Waals surface area contributed by atoms with Crippen LogP contribution in [0.1, 0.15) is 11.1 Å². The molecular weight excluding hydrogens is 334 g/mol. The van der Waals surface area contributed by atoms with Gasteiger partial charge in [0.25, 0.3) is 0 Å². The monoisotopic (exact) mass is 347 g/mol. The van der Waals surface area contributed by atoms with Gasteiger partial charge >= 0.3 is 0 Å². The molecule has 5 heteroatoms. The highest BCUT2D eigenvalue weighted by Gasteiger charge is 2.10. The van der Waals surface area contributed by atoms with Crippen molar-refractivity contribution in [3.8, 4) is 23.3 Å². The van der Waals surface area contributed by atoms with Gasteiger partial charge in [0.1, 0.15) is 12.4 Å². The average molecular weight is 348 g/mol. The molecule has 2 aromatic carbocycles. The van der Waals surface area contributed by atoms with Crippen LogP contribution in [-0.4, -0.2) is 14.2 Å². The van der Waals surface area contributed by atoms with Crippen LogP contribution in [-0.2, 0) is 6.61 Å². The maximum absolute atomic E-state index is 8.87. The van der Waals surface area contributed by atoms with Crippen LogP contribution < -0.4 is 14.2 Å². The molecule has 2 rings (SSSR count). The third-order valence-electron chi connectivity index (χ3n) is 2.91. The van der Waals surface area contributed by atoms with Crippen molar-refractivity contribution in [3.05, 3.63) is 52.0 Å². The topological polar surface area (TPSA) is 51.5 Å². The molecule has 0 spiro atoms. The maximum atomic E-state index is 8.87. The van der Waals surface area contributed by atoms with Gasteiger partial charge in [-0.25, -0.2) is 0 Å². The van der Waals surface area contributed by atoms with Gasteiger partial charge in [-0.15, -0.1) is 0 Å². The van der Waals surface area contributed by atoms with Gasteiger partial charge in [-0.3, -0.25) is 0 Å². The standard InChI is InChI=1S/C16H14BrNO3/c1-19-15-7-12(14(17)8-16(15)20-2)10-21-13-5-3-4-11(6-13)9-18/h3-8H,10H2,1-2H3. The van der Waals surface area contributed by atoms with Gasteiger partial charge in [-0.2, -0.15) is 5.26 Å². The molecule has 0 atom stereocenters. The zero-order valence-electron chi connectivity index (χ0n) is 11.7. The van der Waals surface area contributed by atoms with Crippen molar-refractivity contribution in [1.82, 2.24) is 0 Å². The second-order valence-electron chi connectivity index (χ2n) is 4.23. The number of nitriles is 1. The van der Waals surface area contributed by atoms with Gasteiger partial charge in [0.2, 0.25) is 0 Å². The molecule has 0 aliphatic rings. The second-order valence-corrected chi connectivity index (χ2v) is 5.08. The van der Waals surface area contributed by atoms with Gasteiger partial charge in [-0.05, 0) is 30.3 Å². The predicted molar refractivity (Wildman–Crippen MR) is 82.7 cm³/mol. The summed E-state index contributed by atoms with van der Waals surface area (Å²) in [6.07, 6.45) is 0. The molecule has 4 nitrogen and oxygen atoms in total. The Morgan fingerprint density at radius 2 is 1.81 bits per heavy atom. The smallest absolute Gasteiger partial charge is 0.161 e. The Labute approximate surface area is 132 Å². The Kier molecular flexibility index (Phi) is 5.07. The Morgan fingerprint density at radius 1 is 1.10 bits per heavy atom. The van der Waals surface area contributed by atoms with Crippen molar-refractivity contribution in [3.63, 3.8) is 0 Å². The lowest BCUT2D eigenvalue weighted by molar-refractivity contribution is 0.303.